The van der Waals surface area contributed by atoms with E-state index in [0.29, 0.717) is 44.6 Å². The van der Waals surface area contributed by atoms with Gasteiger partial charge in [-0.05, 0) is 115 Å². The number of nitrogens with zero attached hydrogens (tertiary/aromatic N) is 3. The molecule has 1 unspecified atom stereocenters. The van der Waals surface area contributed by atoms with E-state index in [1.807, 2.05) is 114 Å². The van der Waals surface area contributed by atoms with Crippen LogP contribution in [0.5, 0.6) is 11.5 Å². The number of nitrogens with one attached hydrogen (secondary N) is 1. The molecule has 6 atom stereocenters. The lowest BCUT2D eigenvalue weighted by atomic mass is 9.82. The molecule has 356 valence electrons. The van der Waals surface area contributed by atoms with Gasteiger partial charge < -0.3 is 39.5 Å². The zero-order valence-electron chi connectivity index (χ0n) is 39.8. The zero-order valence-corrected chi connectivity index (χ0v) is 40.8. The molecule has 1 fully saturated rings. The van der Waals surface area contributed by atoms with Crippen LogP contribution >= 0.6 is 0 Å². The number of rotatable bonds is 16. The van der Waals surface area contributed by atoms with Crippen LogP contribution < -0.4 is 29.8 Å². The highest BCUT2D eigenvalue weighted by Gasteiger charge is 2.66. The fourth-order valence-corrected chi connectivity index (χ4v) is 15.6. The molecule has 1 saturated heterocycles. The quantitative estimate of drug-likeness (QED) is 0.0696. The first-order valence-corrected chi connectivity index (χ1v) is 27.2. The van der Waals surface area contributed by atoms with E-state index in [0.717, 1.165) is 57.1 Å². The van der Waals surface area contributed by atoms with Crippen molar-refractivity contribution in [2.75, 3.05) is 43.3 Å². The van der Waals surface area contributed by atoms with E-state index in [-0.39, 0.29) is 61.4 Å². The summed E-state index contributed by atoms with van der Waals surface area (Å²) < 4.78 is 18.7. The summed E-state index contributed by atoms with van der Waals surface area (Å²) in [5.41, 5.74) is 5.69. The largest absolute Gasteiger partial charge is 0.497 e. The third-order valence-corrected chi connectivity index (χ3v) is 19.4. The van der Waals surface area contributed by atoms with E-state index in [1.165, 1.54) is 5.19 Å². The highest BCUT2D eigenvalue weighted by atomic mass is 28.3. The number of unbranched alkanes of at least 4 members (excludes halogenated alkanes) is 1. The van der Waals surface area contributed by atoms with E-state index < -0.39 is 25.8 Å². The number of ether oxygens (including phenoxy) is 3. The number of methoxy groups -OCH3 is 1. The summed E-state index contributed by atoms with van der Waals surface area (Å²) in [5, 5.41) is 24.5. The molecule has 3 amide bonds. The zero-order chi connectivity index (χ0) is 47.7. The third-order valence-electron chi connectivity index (χ3n) is 15.1. The van der Waals surface area contributed by atoms with Crippen LogP contribution in [-0.2, 0) is 50.7 Å². The maximum absolute atomic E-state index is 15.6. The maximum Gasteiger partial charge on any atom is 0.264 e. The second-order valence-corrected chi connectivity index (χ2v) is 24.0. The number of hydrogen-bond acceptors (Lipinski definition) is 9. The molecule has 4 aliphatic heterocycles. The first-order valence-electron chi connectivity index (χ1n) is 24.2. The van der Waals surface area contributed by atoms with Gasteiger partial charge >= 0.3 is 0 Å². The van der Waals surface area contributed by atoms with Gasteiger partial charge in [0.15, 0.2) is 5.60 Å². The van der Waals surface area contributed by atoms with Crippen LogP contribution in [0.1, 0.15) is 60.9 Å². The van der Waals surface area contributed by atoms with E-state index >= 15 is 4.79 Å². The second kappa shape index (κ2) is 19.6. The van der Waals surface area contributed by atoms with E-state index in [1.54, 1.807) is 12.0 Å². The number of para-hydroxylation sites is 1. The van der Waals surface area contributed by atoms with Crippen molar-refractivity contribution < 1.29 is 38.8 Å². The van der Waals surface area contributed by atoms with Crippen LogP contribution in [0.25, 0.3) is 0 Å². The van der Waals surface area contributed by atoms with E-state index in [9.17, 15) is 19.8 Å². The predicted octanol–water partition coefficient (Wildman–Crippen LogP) is 7.14. The Hall–Kier alpha value is -5.83. The molecule has 0 aliphatic carbocycles. The standard InChI is InChI=1S/C55H64N4O8Si/c1-6-66-44-23-26-48-40(30-44)31-47(56-27-11-12-28-60)53(63)59(48)41-19-17-37(18-20-41)33-58-49-16-10-9-15-46(49)55(54(58)64)36(2)52(68(4,5)45-24-21-43(65-3)22-25-45)50(67-55)32-51(62)57-34-39-14-8-7-13-38(39)29-42(57)35-61/h7-10,13-26,30,36,42,47,50,52,56,60-61H,6,11-12,27-29,31-35H2,1-5H3/t36-,42+,47?,50+,52-,55+/m1/s1. The lowest BCUT2D eigenvalue weighted by molar-refractivity contribution is -0.151. The van der Waals surface area contributed by atoms with Crippen LogP contribution in [-0.4, -0.2) is 92.6 Å². The molecule has 0 bridgehead atoms. The maximum atomic E-state index is 15.6. The minimum atomic E-state index is -2.55. The number of amides is 3. The van der Waals surface area contributed by atoms with Gasteiger partial charge in [-0.25, -0.2) is 0 Å². The topological polar surface area (TPSA) is 141 Å². The SMILES string of the molecule is CCOc1ccc2c(c1)CC(NCCCCO)C(=O)N2c1ccc(CN2C(=O)[C@@]3(O[C@@H](CC(=O)N4Cc5ccccc5C[C@H]4CO)[C@H]([Si](C)(C)c4ccc(OC)cc4)[C@H]3C)c3ccccc32)cc1. The number of anilines is 3. The molecule has 5 aromatic rings. The summed E-state index contributed by atoms with van der Waals surface area (Å²) >= 11 is 0. The summed E-state index contributed by atoms with van der Waals surface area (Å²) in [5.74, 6) is 0.896. The Bertz CT molecular complexity index is 2640. The lowest BCUT2D eigenvalue weighted by Crippen LogP contribution is -2.52. The number of carbonyl (C=O) groups is 3. The number of carbonyl (C=O) groups excluding carboxylic acids is 3. The van der Waals surface area contributed by atoms with Gasteiger partial charge in [0.1, 0.15) is 11.5 Å². The van der Waals surface area contributed by atoms with Crippen molar-refractivity contribution in [3.63, 3.8) is 0 Å². The Balaban J connectivity index is 1.03. The Morgan fingerprint density at radius 1 is 0.853 bits per heavy atom. The molecule has 0 aromatic heterocycles. The third kappa shape index (κ3) is 8.53. The number of fused-ring (bicyclic) bond motifs is 4. The average Bonchev–Trinajstić information content (AvgIpc) is 3.78. The van der Waals surface area contributed by atoms with Crippen molar-refractivity contribution in [2.45, 2.75) is 101 Å². The number of aliphatic hydroxyl groups is 2. The molecule has 0 saturated carbocycles. The van der Waals surface area contributed by atoms with Crippen molar-refractivity contribution in [1.29, 1.82) is 0 Å². The van der Waals surface area contributed by atoms with Gasteiger partial charge in [0.05, 0.1) is 70.9 Å². The molecular formula is C55H64N4O8Si. The fraction of sp³-hybridized carbons (Fsp3) is 0.400. The average molecular weight is 937 g/mol. The molecular weight excluding hydrogens is 873 g/mol. The van der Waals surface area contributed by atoms with Crippen LogP contribution in [0.15, 0.2) is 115 Å². The van der Waals surface area contributed by atoms with Gasteiger partial charge in [0, 0.05) is 30.3 Å². The normalized spacial score (nSPS) is 23.2. The van der Waals surface area contributed by atoms with E-state index in [2.05, 4.69) is 43.5 Å². The van der Waals surface area contributed by atoms with Crippen LogP contribution in [0.4, 0.5) is 17.1 Å². The summed E-state index contributed by atoms with van der Waals surface area (Å²) in [6.45, 7) is 10.5. The first kappa shape index (κ1) is 47.2. The first-order chi connectivity index (χ1) is 32.9. The number of hydrogen-bond donors (Lipinski definition) is 3. The predicted molar refractivity (Wildman–Crippen MR) is 266 cm³/mol. The number of aliphatic hydroxyl groups excluding tert-OH is 2. The Morgan fingerprint density at radius 3 is 2.29 bits per heavy atom. The monoisotopic (exact) mass is 936 g/mol. The van der Waals surface area contributed by atoms with Crippen LogP contribution in [0, 0.1) is 5.92 Å². The summed E-state index contributed by atoms with van der Waals surface area (Å²) in [6, 6.07) is 37.1. The Labute approximate surface area is 400 Å². The highest BCUT2D eigenvalue weighted by molar-refractivity contribution is 6.91. The fourth-order valence-electron chi connectivity index (χ4n) is 11.6. The molecule has 0 radical (unpaired) electrons. The molecule has 4 heterocycles. The minimum absolute atomic E-state index is 0.0583. The highest BCUT2D eigenvalue weighted by Crippen LogP contribution is 2.60. The van der Waals surface area contributed by atoms with E-state index in [4.69, 9.17) is 14.2 Å². The molecule has 4 aliphatic rings. The van der Waals surface area contributed by atoms with Gasteiger partial charge in [0.25, 0.3) is 5.91 Å². The van der Waals surface area contributed by atoms with Gasteiger partial charge in [0.2, 0.25) is 11.8 Å². The molecule has 5 aromatic carbocycles. The summed E-state index contributed by atoms with van der Waals surface area (Å²) in [4.78, 5) is 50.0. The molecule has 3 N–H and O–H groups in total. The second-order valence-electron chi connectivity index (χ2n) is 19.3. The minimum Gasteiger partial charge on any atom is -0.497 e. The molecule has 1 spiro atoms. The smallest absolute Gasteiger partial charge is 0.264 e. The van der Waals surface area contributed by atoms with Gasteiger partial charge in [-0.15, -0.1) is 0 Å². The molecule has 13 heteroatoms. The Morgan fingerprint density at radius 2 is 1.57 bits per heavy atom. The van der Waals surface area contributed by atoms with Crippen molar-refractivity contribution in [1.82, 2.24) is 10.2 Å². The summed E-state index contributed by atoms with van der Waals surface area (Å²) in [7, 11) is -0.896. The Kier molecular flexibility index (Phi) is 13.6. The number of benzene rings is 5. The summed E-state index contributed by atoms with van der Waals surface area (Å²) in [6.07, 6.45) is 1.99. The molecule has 9 rings (SSSR count). The van der Waals surface area contributed by atoms with Crippen LogP contribution in [0.3, 0.4) is 0 Å². The molecule has 68 heavy (non-hydrogen) atoms. The van der Waals surface area contributed by atoms with Crippen molar-refractivity contribution >= 4 is 48.0 Å². The van der Waals surface area contributed by atoms with Crippen molar-refractivity contribution in [3.8, 4) is 11.5 Å². The van der Waals surface area contributed by atoms with Gasteiger partial charge in [-0.3, -0.25) is 19.3 Å². The van der Waals surface area contributed by atoms with Crippen molar-refractivity contribution in [3.05, 3.63) is 143 Å². The van der Waals surface area contributed by atoms with Crippen LogP contribution in [0.2, 0.25) is 18.6 Å². The lowest BCUT2D eigenvalue weighted by Gasteiger charge is -2.39. The molecule has 12 nitrogen and oxygen atoms in total. The van der Waals surface area contributed by atoms with Gasteiger partial charge in [-0.1, -0.05) is 91.9 Å². The van der Waals surface area contributed by atoms with Gasteiger partial charge in [-0.2, -0.15) is 0 Å². The van der Waals surface area contributed by atoms with Crippen molar-refractivity contribution in [2.24, 2.45) is 5.92 Å².